The van der Waals surface area contributed by atoms with Crippen LogP contribution in [0.25, 0.3) is 44.1 Å². The van der Waals surface area contributed by atoms with Gasteiger partial charge in [0, 0.05) is 89.2 Å². The van der Waals surface area contributed by atoms with Gasteiger partial charge in [-0.15, -0.1) is 0 Å². The Hall–Kier alpha value is -3.44. The van der Waals surface area contributed by atoms with Crippen molar-refractivity contribution in [1.29, 1.82) is 0 Å². The zero-order valence-electron chi connectivity index (χ0n) is 17.0. The van der Waals surface area contributed by atoms with E-state index in [1.54, 1.807) is 0 Å². The highest BCUT2D eigenvalue weighted by atomic mass is 16.5. The first-order valence-electron chi connectivity index (χ1n) is 10.4. The summed E-state index contributed by atoms with van der Waals surface area (Å²) in [5.74, 6) is 0. The molecule has 0 radical (unpaired) electrons. The Bertz CT molecular complexity index is 1350. The Morgan fingerprint density at radius 2 is 1.63 bits per heavy atom. The molecule has 6 rings (SSSR count). The first kappa shape index (κ1) is 17.4. The van der Waals surface area contributed by atoms with Crippen molar-refractivity contribution in [2.24, 2.45) is 7.05 Å². The maximum Gasteiger partial charge on any atom is 0.0642 e. The van der Waals surface area contributed by atoms with Gasteiger partial charge < -0.3 is 24.2 Å². The Labute approximate surface area is 174 Å². The standard InChI is InChI=1S/C25H24N4O/c1-28-16-23(19-7-6-17(12-25(19)28)29-8-10-30-11-9-29)21-14-26-13-20(21)22-15-27-24-5-3-2-4-18(22)24/h2-7,12-16,26-27H,8-11H2,1H3. The third-order valence-corrected chi connectivity index (χ3v) is 6.27. The fraction of sp³-hybridized carbons (Fsp3) is 0.200. The molecular weight excluding hydrogens is 372 g/mol. The Kier molecular flexibility index (Phi) is 3.96. The van der Waals surface area contributed by atoms with Crippen LogP contribution in [-0.2, 0) is 11.8 Å². The van der Waals surface area contributed by atoms with Gasteiger partial charge >= 0.3 is 0 Å². The van der Waals surface area contributed by atoms with Gasteiger partial charge in [0.1, 0.15) is 0 Å². The van der Waals surface area contributed by atoms with Crippen molar-refractivity contribution in [1.82, 2.24) is 14.5 Å². The average molecular weight is 396 g/mol. The highest BCUT2D eigenvalue weighted by molar-refractivity contribution is 6.05. The van der Waals surface area contributed by atoms with Crippen molar-refractivity contribution in [3.63, 3.8) is 0 Å². The summed E-state index contributed by atoms with van der Waals surface area (Å²) in [4.78, 5) is 9.15. The van der Waals surface area contributed by atoms with Crippen LogP contribution in [0.15, 0.2) is 67.3 Å². The maximum atomic E-state index is 5.51. The first-order chi connectivity index (χ1) is 14.8. The van der Waals surface area contributed by atoms with E-state index in [1.165, 1.54) is 44.2 Å². The van der Waals surface area contributed by atoms with E-state index in [9.17, 15) is 0 Å². The largest absolute Gasteiger partial charge is 0.378 e. The fourth-order valence-electron chi connectivity index (χ4n) is 4.71. The molecule has 2 N–H and O–H groups in total. The summed E-state index contributed by atoms with van der Waals surface area (Å²) in [7, 11) is 2.13. The second-order valence-electron chi connectivity index (χ2n) is 7.99. The fourth-order valence-corrected chi connectivity index (χ4v) is 4.71. The Balaban J connectivity index is 1.48. The number of rotatable bonds is 3. The number of ether oxygens (including phenoxy) is 1. The van der Waals surface area contributed by atoms with Crippen molar-refractivity contribution in [2.75, 3.05) is 31.2 Å². The van der Waals surface area contributed by atoms with E-state index in [0.717, 1.165) is 31.8 Å². The van der Waals surface area contributed by atoms with Gasteiger partial charge in [-0.1, -0.05) is 24.3 Å². The SMILES string of the molecule is Cn1cc(-c2c[nH]cc2-c2c[nH]c3ccccc23)c2ccc(N3CCOCC3)cc21. The van der Waals surface area contributed by atoms with Crippen LogP contribution in [0.2, 0.25) is 0 Å². The molecule has 0 saturated carbocycles. The van der Waals surface area contributed by atoms with Crippen LogP contribution in [0.1, 0.15) is 0 Å². The number of aromatic nitrogens is 3. The molecule has 5 nitrogen and oxygen atoms in total. The lowest BCUT2D eigenvalue weighted by molar-refractivity contribution is 0.122. The summed E-state index contributed by atoms with van der Waals surface area (Å²) in [6, 6.07) is 15.3. The summed E-state index contributed by atoms with van der Waals surface area (Å²) in [6.07, 6.45) is 8.57. The third-order valence-electron chi connectivity index (χ3n) is 6.27. The topological polar surface area (TPSA) is 49.0 Å². The number of hydrogen-bond donors (Lipinski definition) is 2. The van der Waals surface area contributed by atoms with Crippen LogP contribution < -0.4 is 4.90 Å². The molecule has 30 heavy (non-hydrogen) atoms. The maximum absolute atomic E-state index is 5.51. The van der Waals surface area contributed by atoms with Crippen molar-refractivity contribution in [3.05, 3.63) is 67.3 Å². The molecule has 1 aliphatic heterocycles. The van der Waals surface area contributed by atoms with Crippen LogP contribution in [0.3, 0.4) is 0 Å². The van der Waals surface area contributed by atoms with Crippen molar-refractivity contribution in [2.45, 2.75) is 0 Å². The molecule has 5 heteroatoms. The minimum absolute atomic E-state index is 0.799. The van der Waals surface area contributed by atoms with Gasteiger partial charge in [-0.3, -0.25) is 0 Å². The zero-order chi connectivity index (χ0) is 20.1. The number of aromatic amines is 2. The van der Waals surface area contributed by atoms with Crippen LogP contribution in [-0.4, -0.2) is 40.8 Å². The molecule has 2 aromatic carbocycles. The normalized spacial score (nSPS) is 14.8. The Morgan fingerprint density at radius 1 is 0.833 bits per heavy atom. The molecule has 1 aliphatic rings. The first-order valence-corrected chi connectivity index (χ1v) is 10.4. The Morgan fingerprint density at radius 3 is 2.50 bits per heavy atom. The molecule has 5 aromatic rings. The number of hydrogen-bond acceptors (Lipinski definition) is 2. The van der Waals surface area contributed by atoms with Crippen molar-refractivity contribution in [3.8, 4) is 22.3 Å². The van der Waals surface area contributed by atoms with E-state index in [0.29, 0.717) is 0 Å². The predicted molar refractivity (Wildman–Crippen MR) is 123 cm³/mol. The molecule has 0 atom stereocenters. The monoisotopic (exact) mass is 396 g/mol. The summed E-state index contributed by atoms with van der Waals surface area (Å²) >= 11 is 0. The predicted octanol–water partition coefficient (Wildman–Crippen LogP) is 5.16. The van der Waals surface area contributed by atoms with E-state index in [2.05, 4.69) is 93.7 Å². The molecule has 0 aliphatic carbocycles. The molecule has 0 unspecified atom stereocenters. The highest BCUT2D eigenvalue weighted by Gasteiger charge is 2.18. The lowest BCUT2D eigenvalue weighted by Crippen LogP contribution is -2.36. The van der Waals surface area contributed by atoms with Crippen LogP contribution in [0.4, 0.5) is 5.69 Å². The highest BCUT2D eigenvalue weighted by Crippen LogP contribution is 2.40. The van der Waals surface area contributed by atoms with Crippen LogP contribution in [0, 0.1) is 0 Å². The molecular formula is C25H24N4O. The number of nitrogens with zero attached hydrogens (tertiary/aromatic N) is 2. The third kappa shape index (κ3) is 2.66. The van der Waals surface area contributed by atoms with Gasteiger partial charge in [-0.2, -0.15) is 0 Å². The quantitative estimate of drug-likeness (QED) is 0.443. The molecule has 3 aromatic heterocycles. The summed E-state index contributed by atoms with van der Waals surface area (Å²) in [5.41, 5.74) is 8.60. The van der Waals surface area contributed by atoms with Crippen LogP contribution >= 0.6 is 0 Å². The van der Waals surface area contributed by atoms with E-state index < -0.39 is 0 Å². The summed E-state index contributed by atoms with van der Waals surface area (Å²) < 4.78 is 7.75. The lowest BCUT2D eigenvalue weighted by Gasteiger charge is -2.29. The van der Waals surface area contributed by atoms with Crippen LogP contribution in [0.5, 0.6) is 0 Å². The van der Waals surface area contributed by atoms with Gasteiger partial charge in [0.15, 0.2) is 0 Å². The second-order valence-corrected chi connectivity index (χ2v) is 7.99. The number of aryl methyl sites for hydroxylation is 1. The zero-order valence-corrected chi connectivity index (χ0v) is 17.0. The van der Waals surface area contributed by atoms with E-state index >= 15 is 0 Å². The van der Waals surface area contributed by atoms with Gasteiger partial charge in [0.05, 0.1) is 18.7 Å². The van der Waals surface area contributed by atoms with Crippen molar-refractivity contribution < 1.29 is 4.74 Å². The van der Waals surface area contributed by atoms with E-state index in [1.807, 2.05) is 0 Å². The minimum Gasteiger partial charge on any atom is -0.378 e. The molecule has 0 bridgehead atoms. The number of nitrogens with one attached hydrogen (secondary N) is 2. The molecule has 1 fully saturated rings. The second kappa shape index (κ2) is 6.82. The molecule has 0 spiro atoms. The number of para-hydroxylation sites is 1. The molecule has 0 amide bonds. The average Bonchev–Trinajstić information content (AvgIpc) is 3.51. The molecule has 150 valence electrons. The van der Waals surface area contributed by atoms with Gasteiger partial charge in [0.25, 0.3) is 0 Å². The summed E-state index contributed by atoms with van der Waals surface area (Å²) in [6.45, 7) is 3.50. The number of benzene rings is 2. The lowest BCUT2D eigenvalue weighted by atomic mass is 9.98. The number of morpholine rings is 1. The van der Waals surface area contributed by atoms with Gasteiger partial charge in [-0.25, -0.2) is 0 Å². The number of H-pyrrole nitrogens is 2. The molecule has 1 saturated heterocycles. The number of fused-ring (bicyclic) bond motifs is 2. The van der Waals surface area contributed by atoms with Gasteiger partial charge in [0.2, 0.25) is 0 Å². The smallest absolute Gasteiger partial charge is 0.0642 e. The number of anilines is 1. The van der Waals surface area contributed by atoms with Gasteiger partial charge in [-0.05, 0) is 18.2 Å². The summed E-state index contributed by atoms with van der Waals surface area (Å²) in [5, 5.41) is 2.52. The minimum atomic E-state index is 0.799. The molecule has 4 heterocycles. The van der Waals surface area contributed by atoms with E-state index in [4.69, 9.17) is 4.74 Å². The van der Waals surface area contributed by atoms with Crippen molar-refractivity contribution >= 4 is 27.5 Å². The van der Waals surface area contributed by atoms with E-state index in [-0.39, 0.29) is 0 Å².